The van der Waals surface area contributed by atoms with Gasteiger partial charge in [-0.2, -0.15) is 0 Å². The van der Waals surface area contributed by atoms with Crippen LogP contribution in [0.25, 0.3) is 0 Å². The minimum absolute atomic E-state index is 0. The second kappa shape index (κ2) is 11.7. The van der Waals surface area contributed by atoms with E-state index in [-0.39, 0.29) is 24.0 Å². The van der Waals surface area contributed by atoms with E-state index in [0.29, 0.717) is 24.5 Å². The summed E-state index contributed by atoms with van der Waals surface area (Å²) >= 11 is 0. The van der Waals surface area contributed by atoms with E-state index >= 15 is 0 Å². The SMILES string of the molecule is CCC(C)c1ccc(NC(N)=NCCN(C)C(C)CC)cc1.I. The van der Waals surface area contributed by atoms with Gasteiger partial charge in [-0.1, -0.05) is 32.9 Å². The molecule has 132 valence electrons. The summed E-state index contributed by atoms with van der Waals surface area (Å²) in [4.78, 5) is 6.69. The molecule has 0 aliphatic rings. The molecule has 2 unspecified atom stereocenters. The van der Waals surface area contributed by atoms with Crippen molar-refractivity contribution in [3.05, 3.63) is 29.8 Å². The Morgan fingerprint density at radius 1 is 1.17 bits per heavy atom. The number of anilines is 1. The van der Waals surface area contributed by atoms with Crippen LogP contribution in [0.5, 0.6) is 0 Å². The molecule has 0 aliphatic heterocycles. The van der Waals surface area contributed by atoms with E-state index < -0.39 is 0 Å². The van der Waals surface area contributed by atoms with Crippen LogP contribution in [0.1, 0.15) is 52.0 Å². The quantitative estimate of drug-likeness (QED) is 0.367. The third-order valence-electron chi connectivity index (χ3n) is 4.44. The molecule has 0 radical (unpaired) electrons. The molecule has 0 fully saturated rings. The summed E-state index contributed by atoms with van der Waals surface area (Å²) in [5.41, 5.74) is 8.29. The van der Waals surface area contributed by atoms with Crippen molar-refractivity contribution in [3.63, 3.8) is 0 Å². The van der Waals surface area contributed by atoms with Crippen LogP contribution < -0.4 is 11.1 Å². The third-order valence-corrected chi connectivity index (χ3v) is 4.44. The topological polar surface area (TPSA) is 53.6 Å². The summed E-state index contributed by atoms with van der Waals surface area (Å²) in [6.45, 7) is 10.5. The number of halogens is 1. The van der Waals surface area contributed by atoms with Crippen molar-refractivity contribution in [2.45, 2.75) is 52.5 Å². The fraction of sp³-hybridized carbons (Fsp3) is 0.611. The summed E-state index contributed by atoms with van der Waals surface area (Å²) in [7, 11) is 2.13. The Morgan fingerprint density at radius 2 is 1.78 bits per heavy atom. The van der Waals surface area contributed by atoms with E-state index in [2.05, 4.69) is 74.2 Å². The average molecular weight is 432 g/mol. The number of rotatable bonds is 8. The van der Waals surface area contributed by atoms with Gasteiger partial charge in [0, 0.05) is 18.3 Å². The predicted octanol–water partition coefficient (Wildman–Crippen LogP) is 4.28. The molecule has 3 N–H and O–H groups in total. The Balaban J connectivity index is 0.00000484. The highest BCUT2D eigenvalue weighted by Gasteiger charge is 2.05. The summed E-state index contributed by atoms with van der Waals surface area (Å²) in [5, 5.41) is 3.15. The molecule has 0 aliphatic carbocycles. The molecule has 1 aromatic carbocycles. The van der Waals surface area contributed by atoms with Crippen molar-refractivity contribution < 1.29 is 0 Å². The van der Waals surface area contributed by atoms with Crippen LogP contribution in [0.2, 0.25) is 0 Å². The summed E-state index contributed by atoms with van der Waals surface area (Å²) in [6, 6.07) is 9.02. The normalized spacial score (nSPS) is 14.3. The first-order valence-corrected chi connectivity index (χ1v) is 8.35. The Kier molecular flexibility index (Phi) is 11.3. The number of nitrogens with one attached hydrogen (secondary N) is 1. The highest BCUT2D eigenvalue weighted by atomic mass is 127. The van der Waals surface area contributed by atoms with E-state index in [1.165, 1.54) is 5.56 Å². The predicted molar refractivity (Wildman–Crippen MR) is 113 cm³/mol. The summed E-state index contributed by atoms with van der Waals surface area (Å²) in [5.74, 6) is 1.07. The van der Waals surface area contributed by atoms with Gasteiger partial charge < -0.3 is 16.0 Å². The fourth-order valence-corrected chi connectivity index (χ4v) is 2.18. The lowest BCUT2D eigenvalue weighted by atomic mass is 9.99. The van der Waals surface area contributed by atoms with Crippen LogP contribution in [0, 0.1) is 0 Å². The van der Waals surface area contributed by atoms with E-state index in [4.69, 9.17) is 5.73 Å². The number of benzene rings is 1. The molecule has 0 bridgehead atoms. The van der Waals surface area contributed by atoms with Gasteiger partial charge in [0.15, 0.2) is 5.96 Å². The van der Waals surface area contributed by atoms with Crippen LogP contribution >= 0.6 is 24.0 Å². The van der Waals surface area contributed by atoms with Gasteiger partial charge in [0.2, 0.25) is 0 Å². The van der Waals surface area contributed by atoms with E-state index in [1.807, 2.05) is 0 Å². The smallest absolute Gasteiger partial charge is 0.193 e. The minimum Gasteiger partial charge on any atom is -0.370 e. The number of hydrogen-bond donors (Lipinski definition) is 2. The van der Waals surface area contributed by atoms with Gasteiger partial charge in [0.25, 0.3) is 0 Å². The van der Waals surface area contributed by atoms with Crippen molar-refractivity contribution in [3.8, 4) is 0 Å². The molecular formula is C18H33IN4. The van der Waals surface area contributed by atoms with E-state index in [0.717, 1.165) is 25.1 Å². The highest BCUT2D eigenvalue weighted by Crippen LogP contribution is 2.20. The van der Waals surface area contributed by atoms with Crippen LogP contribution in [-0.4, -0.2) is 37.0 Å². The Hall–Kier alpha value is -0.820. The van der Waals surface area contributed by atoms with Crippen molar-refractivity contribution in [2.75, 3.05) is 25.5 Å². The lowest BCUT2D eigenvalue weighted by Crippen LogP contribution is -2.31. The zero-order valence-corrected chi connectivity index (χ0v) is 17.5. The van der Waals surface area contributed by atoms with Crippen LogP contribution in [0.4, 0.5) is 5.69 Å². The fourth-order valence-electron chi connectivity index (χ4n) is 2.18. The number of nitrogens with two attached hydrogens (primary N) is 1. The monoisotopic (exact) mass is 432 g/mol. The van der Waals surface area contributed by atoms with Gasteiger partial charge in [-0.15, -0.1) is 24.0 Å². The number of guanidine groups is 1. The van der Waals surface area contributed by atoms with Gasteiger partial charge in [-0.25, -0.2) is 0 Å². The molecule has 1 rings (SSSR count). The molecule has 2 atom stereocenters. The second-order valence-corrected chi connectivity index (χ2v) is 6.06. The molecule has 0 spiro atoms. The molecule has 0 saturated carbocycles. The van der Waals surface area contributed by atoms with Gasteiger partial charge in [0.05, 0.1) is 6.54 Å². The van der Waals surface area contributed by atoms with Crippen LogP contribution in [0.15, 0.2) is 29.3 Å². The van der Waals surface area contributed by atoms with Crippen molar-refractivity contribution in [1.82, 2.24) is 4.90 Å². The van der Waals surface area contributed by atoms with Crippen molar-refractivity contribution >= 4 is 35.6 Å². The molecule has 0 aromatic heterocycles. The Bertz CT molecular complexity index is 459. The molecule has 4 nitrogen and oxygen atoms in total. The van der Waals surface area contributed by atoms with E-state index in [1.54, 1.807) is 0 Å². The van der Waals surface area contributed by atoms with Gasteiger partial charge in [-0.3, -0.25) is 4.99 Å². The number of likely N-dealkylation sites (N-methyl/N-ethyl adjacent to an activating group) is 1. The lowest BCUT2D eigenvalue weighted by Gasteiger charge is -2.22. The Morgan fingerprint density at radius 3 is 2.30 bits per heavy atom. The number of aliphatic imine (C=N–C) groups is 1. The zero-order chi connectivity index (χ0) is 16.5. The standard InChI is InChI=1S/C18H32N4.HI/c1-6-14(3)16-8-10-17(11-9-16)21-18(19)20-12-13-22(5)15(4)7-2;/h8-11,14-15H,6-7,12-13H2,1-5H3,(H3,19,20,21);1H. The first kappa shape index (κ1) is 22.2. The van der Waals surface area contributed by atoms with Crippen LogP contribution in [0.3, 0.4) is 0 Å². The van der Waals surface area contributed by atoms with Crippen molar-refractivity contribution in [1.29, 1.82) is 0 Å². The maximum atomic E-state index is 5.94. The van der Waals surface area contributed by atoms with Crippen molar-refractivity contribution in [2.24, 2.45) is 10.7 Å². The summed E-state index contributed by atoms with van der Waals surface area (Å²) in [6.07, 6.45) is 2.30. The molecule has 5 heteroatoms. The highest BCUT2D eigenvalue weighted by molar-refractivity contribution is 14.0. The number of hydrogen-bond acceptors (Lipinski definition) is 2. The first-order valence-electron chi connectivity index (χ1n) is 8.35. The minimum atomic E-state index is 0. The zero-order valence-electron chi connectivity index (χ0n) is 15.2. The second-order valence-electron chi connectivity index (χ2n) is 6.06. The molecular weight excluding hydrogens is 399 g/mol. The Labute approximate surface area is 158 Å². The largest absolute Gasteiger partial charge is 0.370 e. The molecule has 0 heterocycles. The van der Waals surface area contributed by atoms with Gasteiger partial charge in [0.1, 0.15) is 0 Å². The van der Waals surface area contributed by atoms with Crippen LogP contribution in [-0.2, 0) is 0 Å². The van der Waals surface area contributed by atoms with Gasteiger partial charge in [-0.05, 0) is 50.4 Å². The third kappa shape index (κ3) is 8.01. The molecule has 23 heavy (non-hydrogen) atoms. The molecule has 0 amide bonds. The number of nitrogens with zero attached hydrogens (tertiary/aromatic N) is 2. The van der Waals surface area contributed by atoms with E-state index in [9.17, 15) is 0 Å². The lowest BCUT2D eigenvalue weighted by molar-refractivity contribution is 0.259. The maximum absolute atomic E-state index is 5.94. The molecule has 1 aromatic rings. The first-order chi connectivity index (χ1) is 10.5. The summed E-state index contributed by atoms with van der Waals surface area (Å²) < 4.78 is 0. The molecule has 0 saturated heterocycles. The van der Waals surface area contributed by atoms with Gasteiger partial charge >= 0.3 is 0 Å². The average Bonchev–Trinajstić information content (AvgIpc) is 2.53. The maximum Gasteiger partial charge on any atom is 0.193 e.